The highest BCUT2D eigenvalue weighted by Gasteiger charge is 2.25. The summed E-state index contributed by atoms with van der Waals surface area (Å²) in [7, 11) is 0. The van der Waals surface area contributed by atoms with Gasteiger partial charge in [-0.1, -0.05) is 20.8 Å². The van der Waals surface area contributed by atoms with E-state index in [4.69, 9.17) is 4.74 Å². The molecule has 0 aliphatic carbocycles. The minimum atomic E-state index is -0.488. The van der Waals surface area contributed by atoms with Crippen LogP contribution in [0, 0.1) is 16.0 Å². The molecule has 1 aromatic heterocycles. The van der Waals surface area contributed by atoms with E-state index < -0.39 is 4.92 Å². The van der Waals surface area contributed by atoms with Crippen LogP contribution in [0.25, 0.3) is 0 Å². The molecule has 1 aromatic rings. The van der Waals surface area contributed by atoms with Crippen molar-refractivity contribution in [2.75, 3.05) is 18.5 Å². The van der Waals surface area contributed by atoms with Gasteiger partial charge in [-0.3, -0.25) is 10.1 Å². The lowest BCUT2D eigenvalue weighted by Gasteiger charge is -2.11. The quantitative estimate of drug-likeness (QED) is 0.556. The van der Waals surface area contributed by atoms with Crippen LogP contribution in [0.15, 0.2) is 0 Å². The van der Waals surface area contributed by atoms with Gasteiger partial charge >= 0.3 is 5.69 Å². The predicted octanol–water partition coefficient (Wildman–Crippen LogP) is 3.19. The third kappa shape index (κ3) is 5.17. The molecule has 0 bridgehead atoms. The van der Waals surface area contributed by atoms with Gasteiger partial charge < -0.3 is 10.1 Å². The first-order valence-electron chi connectivity index (χ1n) is 7.41. The molecule has 0 aromatic carbocycles. The van der Waals surface area contributed by atoms with Crippen LogP contribution in [0.1, 0.15) is 46.4 Å². The number of ether oxygens (including phenoxy) is 1. The molecular formula is C14H24N4O3. The molecule has 0 fully saturated rings. The SMILES string of the molecule is CCCc1nc(NCCC(C)C)c([N+](=O)[O-])c(OCC)n1. The summed E-state index contributed by atoms with van der Waals surface area (Å²) in [6, 6.07) is 0. The predicted molar refractivity (Wildman–Crippen MR) is 81.8 cm³/mol. The van der Waals surface area contributed by atoms with Crippen LogP contribution in [-0.2, 0) is 6.42 Å². The van der Waals surface area contributed by atoms with Crippen LogP contribution >= 0.6 is 0 Å². The van der Waals surface area contributed by atoms with E-state index in [0.717, 1.165) is 12.8 Å². The Hall–Kier alpha value is -1.92. The molecule has 0 saturated heterocycles. The van der Waals surface area contributed by atoms with Crippen molar-refractivity contribution in [3.8, 4) is 5.88 Å². The normalized spacial score (nSPS) is 10.7. The summed E-state index contributed by atoms with van der Waals surface area (Å²) in [5, 5.41) is 14.3. The molecule has 0 radical (unpaired) electrons. The first-order valence-corrected chi connectivity index (χ1v) is 7.41. The van der Waals surface area contributed by atoms with E-state index in [0.29, 0.717) is 31.3 Å². The zero-order valence-electron chi connectivity index (χ0n) is 13.2. The Morgan fingerprint density at radius 1 is 1.33 bits per heavy atom. The second-order valence-electron chi connectivity index (χ2n) is 5.19. The first-order chi connectivity index (χ1) is 9.99. The fourth-order valence-electron chi connectivity index (χ4n) is 1.82. The lowest BCUT2D eigenvalue weighted by atomic mass is 10.1. The Morgan fingerprint density at radius 2 is 2.05 bits per heavy atom. The maximum absolute atomic E-state index is 11.3. The van der Waals surface area contributed by atoms with Gasteiger partial charge in [0.2, 0.25) is 5.82 Å². The monoisotopic (exact) mass is 296 g/mol. The van der Waals surface area contributed by atoms with Gasteiger partial charge in [-0.05, 0) is 25.7 Å². The van der Waals surface area contributed by atoms with Crippen molar-refractivity contribution >= 4 is 11.5 Å². The number of aryl methyl sites for hydroxylation is 1. The number of hydrogen-bond acceptors (Lipinski definition) is 6. The number of nitrogens with zero attached hydrogens (tertiary/aromatic N) is 3. The summed E-state index contributed by atoms with van der Waals surface area (Å²) in [5.74, 6) is 1.38. The molecule has 118 valence electrons. The number of rotatable bonds is 9. The van der Waals surface area contributed by atoms with Gasteiger partial charge in [-0.15, -0.1) is 0 Å². The van der Waals surface area contributed by atoms with Crippen LogP contribution in [0.4, 0.5) is 11.5 Å². The second kappa shape index (κ2) is 8.39. The molecular weight excluding hydrogens is 272 g/mol. The van der Waals surface area contributed by atoms with Crippen molar-refractivity contribution in [1.29, 1.82) is 0 Å². The summed E-state index contributed by atoms with van der Waals surface area (Å²) in [6.45, 7) is 8.95. The average Bonchev–Trinajstić information content (AvgIpc) is 2.38. The van der Waals surface area contributed by atoms with Gasteiger partial charge in [0.05, 0.1) is 11.5 Å². The first kappa shape index (κ1) is 17.1. The molecule has 1 N–H and O–H groups in total. The van der Waals surface area contributed by atoms with Crippen LogP contribution < -0.4 is 10.1 Å². The molecule has 21 heavy (non-hydrogen) atoms. The topological polar surface area (TPSA) is 90.2 Å². The van der Waals surface area contributed by atoms with Crippen molar-refractivity contribution in [2.24, 2.45) is 5.92 Å². The fraction of sp³-hybridized carbons (Fsp3) is 0.714. The zero-order valence-corrected chi connectivity index (χ0v) is 13.2. The third-order valence-electron chi connectivity index (χ3n) is 2.85. The standard InChI is InChI=1S/C14H24N4O3/c1-5-7-11-16-13(15-9-8-10(3)4)12(18(19)20)14(17-11)21-6-2/h10H,5-9H2,1-4H3,(H,15,16,17). The second-order valence-corrected chi connectivity index (χ2v) is 5.19. The van der Waals surface area contributed by atoms with Gasteiger partial charge in [-0.2, -0.15) is 4.98 Å². The maximum Gasteiger partial charge on any atom is 0.372 e. The largest absolute Gasteiger partial charge is 0.473 e. The molecule has 0 unspecified atom stereocenters. The highest BCUT2D eigenvalue weighted by molar-refractivity contribution is 5.61. The van der Waals surface area contributed by atoms with Gasteiger partial charge in [0, 0.05) is 13.0 Å². The Balaban J connectivity index is 3.11. The minimum Gasteiger partial charge on any atom is -0.473 e. The molecule has 0 aliphatic heterocycles. The molecule has 1 rings (SSSR count). The molecule has 1 heterocycles. The van der Waals surface area contributed by atoms with Gasteiger partial charge in [0.25, 0.3) is 5.88 Å². The van der Waals surface area contributed by atoms with E-state index in [-0.39, 0.29) is 17.4 Å². The van der Waals surface area contributed by atoms with E-state index in [2.05, 4.69) is 29.1 Å². The van der Waals surface area contributed by atoms with Gasteiger partial charge in [0.1, 0.15) is 5.82 Å². The van der Waals surface area contributed by atoms with Crippen molar-refractivity contribution in [3.63, 3.8) is 0 Å². The Labute approximate surface area is 125 Å². The van der Waals surface area contributed by atoms with E-state index >= 15 is 0 Å². The van der Waals surface area contributed by atoms with Crippen molar-refractivity contribution in [1.82, 2.24) is 9.97 Å². The molecule has 7 heteroatoms. The molecule has 0 aliphatic rings. The summed E-state index contributed by atoms with van der Waals surface area (Å²) in [4.78, 5) is 19.2. The van der Waals surface area contributed by atoms with E-state index in [9.17, 15) is 10.1 Å². The zero-order chi connectivity index (χ0) is 15.8. The highest BCUT2D eigenvalue weighted by atomic mass is 16.6. The summed E-state index contributed by atoms with van der Waals surface area (Å²) in [6.07, 6.45) is 2.44. The lowest BCUT2D eigenvalue weighted by Crippen LogP contribution is -2.12. The van der Waals surface area contributed by atoms with Crippen LogP contribution in [-0.4, -0.2) is 28.0 Å². The third-order valence-corrected chi connectivity index (χ3v) is 2.85. The molecule has 0 saturated carbocycles. The van der Waals surface area contributed by atoms with Crippen LogP contribution in [0.5, 0.6) is 5.88 Å². The minimum absolute atomic E-state index is 0.0491. The van der Waals surface area contributed by atoms with E-state index in [1.54, 1.807) is 6.92 Å². The van der Waals surface area contributed by atoms with Crippen molar-refractivity contribution in [3.05, 3.63) is 15.9 Å². The molecule has 0 spiro atoms. The van der Waals surface area contributed by atoms with Crippen LogP contribution in [0.2, 0.25) is 0 Å². The Bertz CT molecular complexity index is 478. The Kier molecular flexibility index (Phi) is 6.84. The summed E-state index contributed by atoms with van der Waals surface area (Å²) < 4.78 is 5.32. The van der Waals surface area contributed by atoms with Gasteiger partial charge in [0.15, 0.2) is 0 Å². The van der Waals surface area contributed by atoms with Crippen molar-refractivity contribution < 1.29 is 9.66 Å². The molecule has 0 amide bonds. The number of anilines is 1. The van der Waals surface area contributed by atoms with Gasteiger partial charge in [-0.25, -0.2) is 4.98 Å². The summed E-state index contributed by atoms with van der Waals surface area (Å²) >= 11 is 0. The summed E-state index contributed by atoms with van der Waals surface area (Å²) in [5.41, 5.74) is -0.180. The number of nitrogens with one attached hydrogen (secondary N) is 1. The number of nitro groups is 1. The van der Waals surface area contributed by atoms with Crippen LogP contribution in [0.3, 0.4) is 0 Å². The Morgan fingerprint density at radius 3 is 2.57 bits per heavy atom. The lowest BCUT2D eigenvalue weighted by molar-refractivity contribution is -0.385. The molecule has 7 nitrogen and oxygen atoms in total. The average molecular weight is 296 g/mol. The van der Waals surface area contributed by atoms with E-state index in [1.807, 2.05) is 6.92 Å². The number of hydrogen-bond donors (Lipinski definition) is 1. The van der Waals surface area contributed by atoms with E-state index in [1.165, 1.54) is 0 Å². The fourth-order valence-corrected chi connectivity index (χ4v) is 1.82. The maximum atomic E-state index is 11.3. The highest BCUT2D eigenvalue weighted by Crippen LogP contribution is 2.32. The van der Waals surface area contributed by atoms with Crippen molar-refractivity contribution in [2.45, 2.75) is 47.0 Å². The smallest absolute Gasteiger partial charge is 0.372 e. The number of aromatic nitrogens is 2. The molecule has 0 atom stereocenters.